The molecule has 1 aliphatic heterocycles. The van der Waals surface area contributed by atoms with Gasteiger partial charge in [0, 0.05) is 49.5 Å². The van der Waals surface area contributed by atoms with E-state index in [4.69, 9.17) is 0 Å². The number of thiazole rings is 2. The van der Waals surface area contributed by atoms with Crippen molar-refractivity contribution in [1.82, 2.24) is 30.8 Å². The molecule has 3 heterocycles. The molecule has 2 aromatic heterocycles. The summed E-state index contributed by atoms with van der Waals surface area (Å²) < 4.78 is 23.4. The van der Waals surface area contributed by atoms with Crippen LogP contribution in [0.4, 0.5) is 0 Å². The van der Waals surface area contributed by atoms with Crippen LogP contribution in [-0.4, -0.2) is 78.6 Å². The quantitative estimate of drug-likeness (QED) is 0.335. The van der Waals surface area contributed by atoms with E-state index in [0.717, 1.165) is 11.8 Å². The van der Waals surface area contributed by atoms with Gasteiger partial charge in [0.2, 0.25) is 11.8 Å². The molecule has 3 N–H and O–H groups in total. The number of benzene rings is 1. The standard InChI is InChI=1S/C32H42N6O6S3/c1-21(2)17-23-31-37-26(20-46-31)30(42)35-24(18-22-9-5-4-6-10-22)32-36-25(19-45-32)29(41)33-13-8-15-38(14-7-11-27(39)34-23)28(40)12-16-47(3,43)44/h4-6,9-10,19-21,23-24H,7-8,11-18H2,1-3H3,(H,33,41)(H,34,39)(H,35,42)/t23-,24-/m0/s1. The fourth-order valence-corrected chi connectivity index (χ4v) is 7.39. The molecule has 3 aromatic rings. The van der Waals surface area contributed by atoms with Crippen LogP contribution < -0.4 is 16.0 Å². The van der Waals surface area contributed by atoms with Crippen molar-refractivity contribution in [2.24, 2.45) is 5.92 Å². The molecule has 0 spiro atoms. The molecule has 4 rings (SSSR count). The number of carbonyl (C=O) groups is 4. The SMILES string of the molecule is CC(C)C[C@@H]1NC(=O)CCCN(C(=O)CCS(C)(=O)=O)CCCNC(=O)c2csc(n2)[C@H](Cc2ccccc2)NC(=O)c2csc1n2. The molecule has 0 unspecified atom stereocenters. The number of hydrogen-bond donors (Lipinski definition) is 3. The van der Waals surface area contributed by atoms with Gasteiger partial charge >= 0.3 is 0 Å². The first-order valence-electron chi connectivity index (χ1n) is 15.7. The first-order chi connectivity index (χ1) is 22.4. The maximum Gasteiger partial charge on any atom is 0.271 e. The van der Waals surface area contributed by atoms with Gasteiger partial charge in [0.05, 0.1) is 17.8 Å². The highest BCUT2D eigenvalue weighted by Gasteiger charge is 2.26. The molecule has 0 aliphatic carbocycles. The number of amides is 4. The van der Waals surface area contributed by atoms with Gasteiger partial charge in [-0.3, -0.25) is 19.2 Å². The Morgan fingerprint density at radius 3 is 2.23 bits per heavy atom. The van der Waals surface area contributed by atoms with Crippen molar-refractivity contribution in [1.29, 1.82) is 0 Å². The summed E-state index contributed by atoms with van der Waals surface area (Å²) in [6.45, 7) is 4.90. The van der Waals surface area contributed by atoms with Crippen LogP contribution in [0.3, 0.4) is 0 Å². The average Bonchev–Trinajstić information content (AvgIpc) is 3.71. The van der Waals surface area contributed by atoms with Crippen molar-refractivity contribution >= 4 is 56.1 Å². The first-order valence-corrected chi connectivity index (χ1v) is 19.5. The zero-order valence-corrected chi connectivity index (χ0v) is 29.3. The summed E-state index contributed by atoms with van der Waals surface area (Å²) in [6.07, 6.45) is 2.95. The fraction of sp³-hybridized carbons (Fsp3) is 0.500. The van der Waals surface area contributed by atoms with E-state index in [-0.39, 0.29) is 79.2 Å². The third-order valence-corrected chi connectivity index (χ3v) is 10.4. The number of carbonyl (C=O) groups excluding carboxylic acids is 4. The third kappa shape index (κ3) is 11.5. The summed E-state index contributed by atoms with van der Waals surface area (Å²) in [5.41, 5.74) is 1.44. The molecule has 4 bridgehead atoms. The molecule has 15 heteroatoms. The van der Waals surface area contributed by atoms with E-state index < -0.39 is 21.9 Å². The van der Waals surface area contributed by atoms with Gasteiger partial charge in [-0.25, -0.2) is 18.4 Å². The van der Waals surface area contributed by atoms with Crippen LogP contribution in [0.5, 0.6) is 0 Å². The summed E-state index contributed by atoms with van der Waals surface area (Å²) in [5.74, 6) is -1.31. The highest BCUT2D eigenvalue weighted by molar-refractivity contribution is 7.90. The molecule has 4 amide bonds. The first kappa shape index (κ1) is 36.2. The minimum atomic E-state index is -3.33. The number of nitrogens with one attached hydrogen (secondary N) is 3. The molecule has 0 radical (unpaired) electrons. The second kappa shape index (κ2) is 16.9. The maximum absolute atomic E-state index is 13.5. The summed E-state index contributed by atoms with van der Waals surface area (Å²) >= 11 is 2.58. The molecule has 12 nitrogen and oxygen atoms in total. The molecular weight excluding hydrogens is 661 g/mol. The minimum Gasteiger partial charge on any atom is -0.351 e. The fourth-order valence-electron chi connectivity index (χ4n) is 5.13. The van der Waals surface area contributed by atoms with Gasteiger partial charge in [-0.2, -0.15) is 0 Å². The highest BCUT2D eigenvalue weighted by Crippen LogP contribution is 2.27. The number of nitrogens with zero attached hydrogens (tertiary/aromatic N) is 3. The molecule has 1 aliphatic rings. The van der Waals surface area contributed by atoms with Crippen molar-refractivity contribution in [3.8, 4) is 0 Å². The molecular formula is C32H42N6O6S3. The van der Waals surface area contributed by atoms with Crippen LogP contribution in [-0.2, 0) is 25.8 Å². The van der Waals surface area contributed by atoms with Crippen LogP contribution in [0, 0.1) is 5.92 Å². The van der Waals surface area contributed by atoms with Crippen LogP contribution in [0.25, 0.3) is 0 Å². The Bertz CT molecular complexity index is 1640. The highest BCUT2D eigenvalue weighted by atomic mass is 32.2. The molecule has 254 valence electrons. The van der Waals surface area contributed by atoms with Crippen LogP contribution in [0.1, 0.15) is 94.6 Å². The second-order valence-electron chi connectivity index (χ2n) is 12.1. The topological polar surface area (TPSA) is 168 Å². The number of hydrogen-bond acceptors (Lipinski definition) is 10. The molecule has 1 aromatic carbocycles. The van der Waals surface area contributed by atoms with Gasteiger partial charge in [-0.15, -0.1) is 22.7 Å². The van der Waals surface area contributed by atoms with Gasteiger partial charge < -0.3 is 20.9 Å². The zero-order valence-electron chi connectivity index (χ0n) is 26.9. The van der Waals surface area contributed by atoms with Gasteiger partial charge in [0.25, 0.3) is 11.8 Å². The summed E-state index contributed by atoms with van der Waals surface area (Å²) in [4.78, 5) is 63.2. The van der Waals surface area contributed by atoms with Crippen molar-refractivity contribution in [2.75, 3.05) is 31.6 Å². The Balaban J connectivity index is 1.60. The summed E-state index contributed by atoms with van der Waals surface area (Å²) in [6, 6.07) is 8.76. The number of fused-ring (bicyclic) bond motifs is 4. The largest absolute Gasteiger partial charge is 0.351 e. The monoisotopic (exact) mass is 702 g/mol. The lowest BCUT2D eigenvalue weighted by molar-refractivity contribution is -0.131. The van der Waals surface area contributed by atoms with E-state index in [0.29, 0.717) is 35.7 Å². The molecule has 47 heavy (non-hydrogen) atoms. The Morgan fingerprint density at radius 1 is 0.936 bits per heavy atom. The predicted molar refractivity (Wildman–Crippen MR) is 182 cm³/mol. The lowest BCUT2D eigenvalue weighted by Gasteiger charge is -2.23. The molecule has 0 fully saturated rings. The number of aromatic nitrogens is 2. The third-order valence-electron chi connectivity index (χ3n) is 7.50. The molecule has 2 atom stereocenters. The second-order valence-corrected chi connectivity index (χ2v) is 16.1. The lowest BCUT2D eigenvalue weighted by Crippen LogP contribution is -2.37. The average molecular weight is 703 g/mol. The van der Waals surface area contributed by atoms with Gasteiger partial charge in [0.1, 0.15) is 31.2 Å². The summed E-state index contributed by atoms with van der Waals surface area (Å²) in [7, 11) is -3.33. The van der Waals surface area contributed by atoms with E-state index in [1.165, 1.54) is 22.7 Å². The van der Waals surface area contributed by atoms with E-state index in [1.807, 2.05) is 44.2 Å². The van der Waals surface area contributed by atoms with Gasteiger partial charge in [-0.1, -0.05) is 44.2 Å². The van der Waals surface area contributed by atoms with E-state index >= 15 is 0 Å². The van der Waals surface area contributed by atoms with Crippen molar-refractivity contribution in [3.63, 3.8) is 0 Å². The van der Waals surface area contributed by atoms with Crippen molar-refractivity contribution in [3.05, 3.63) is 68.1 Å². The predicted octanol–water partition coefficient (Wildman–Crippen LogP) is 3.69. The van der Waals surface area contributed by atoms with E-state index in [9.17, 15) is 27.6 Å². The Morgan fingerprint density at radius 2 is 1.57 bits per heavy atom. The van der Waals surface area contributed by atoms with E-state index in [2.05, 4.69) is 25.9 Å². The lowest BCUT2D eigenvalue weighted by atomic mass is 10.0. The normalized spacial score (nSPS) is 19.0. The van der Waals surface area contributed by atoms with Crippen LogP contribution in [0.15, 0.2) is 41.1 Å². The van der Waals surface area contributed by atoms with Crippen molar-refractivity contribution < 1.29 is 27.6 Å². The van der Waals surface area contributed by atoms with Gasteiger partial charge in [0.15, 0.2) is 0 Å². The van der Waals surface area contributed by atoms with Gasteiger partial charge in [-0.05, 0) is 37.2 Å². The minimum absolute atomic E-state index is 0.146. The van der Waals surface area contributed by atoms with E-state index in [1.54, 1.807) is 15.7 Å². The van der Waals surface area contributed by atoms with Crippen LogP contribution in [0.2, 0.25) is 0 Å². The van der Waals surface area contributed by atoms with Crippen LogP contribution >= 0.6 is 22.7 Å². The smallest absolute Gasteiger partial charge is 0.271 e. The maximum atomic E-state index is 13.5. The summed E-state index contributed by atoms with van der Waals surface area (Å²) in [5, 5.41) is 13.5. The Kier molecular flexibility index (Phi) is 13.0. The molecule has 0 saturated carbocycles. The zero-order chi connectivity index (χ0) is 34.0. The Hall–Kier alpha value is -3.69. The Labute approximate surface area is 283 Å². The molecule has 0 saturated heterocycles. The number of rotatable bonds is 7. The number of sulfone groups is 1. The van der Waals surface area contributed by atoms with Crippen molar-refractivity contribution in [2.45, 2.75) is 64.5 Å².